The van der Waals surface area contributed by atoms with E-state index in [4.69, 9.17) is 5.73 Å². The second-order valence-corrected chi connectivity index (χ2v) is 4.29. The Hall–Kier alpha value is -0.470. The first kappa shape index (κ1) is 10.6. The molecule has 0 unspecified atom stereocenters. The Morgan fingerprint density at radius 2 is 2.00 bits per heavy atom. The standard InChI is InChI=1S/C11H17NS/c1-3-10(12)9-7-5-6-8-11(9)13-4-2/h5-8,10H,3-4,12H2,1-2H3/t10-/m1/s1. The van der Waals surface area contributed by atoms with Crippen LogP contribution in [-0.4, -0.2) is 5.75 Å². The highest BCUT2D eigenvalue weighted by atomic mass is 32.2. The Labute approximate surface area is 84.7 Å². The average Bonchev–Trinajstić information content (AvgIpc) is 2.18. The van der Waals surface area contributed by atoms with Crippen LogP contribution in [0.5, 0.6) is 0 Å². The fraction of sp³-hybridized carbons (Fsp3) is 0.455. The lowest BCUT2D eigenvalue weighted by Gasteiger charge is -2.13. The van der Waals surface area contributed by atoms with Gasteiger partial charge in [0.2, 0.25) is 0 Å². The van der Waals surface area contributed by atoms with Gasteiger partial charge in [0.25, 0.3) is 0 Å². The number of thioether (sulfide) groups is 1. The van der Waals surface area contributed by atoms with Gasteiger partial charge in [-0.1, -0.05) is 32.0 Å². The molecule has 1 atom stereocenters. The Morgan fingerprint density at radius 1 is 1.31 bits per heavy atom. The van der Waals surface area contributed by atoms with Crippen molar-refractivity contribution in [3.8, 4) is 0 Å². The van der Waals surface area contributed by atoms with Gasteiger partial charge in [0.05, 0.1) is 0 Å². The van der Waals surface area contributed by atoms with Gasteiger partial charge in [-0.05, 0) is 23.8 Å². The molecule has 0 aliphatic carbocycles. The zero-order chi connectivity index (χ0) is 9.68. The minimum absolute atomic E-state index is 0.190. The molecule has 1 rings (SSSR count). The first-order valence-corrected chi connectivity index (χ1v) is 5.75. The van der Waals surface area contributed by atoms with Gasteiger partial charge >= 0.3 is 0 Å². The molecule has 72 valence electrons. The number of benzene rings is 1. The van der Waals surface area contributed by atoms with Crippen molar-refractivity contribution in [1.29, 1.82) is 0 Å². The molecule has 0 aliphatic heterocycles. The van der Waals surface area contributed by atoms with Gasteiger partial charge in [-0.3, -0.25) is 0 Å². The van der Waals surface area contributed by atoms with E-state index in [0.29, 0.717) is 0 Å². The van der Waals surface area contributed by atoms with Crippen LogP contribution in [0.1, 0.15) is 31.9 Å². The van der Waals surface area contributed by atoms with E-state index in [9.17, 15) is 0 Å². The van der Waals surface area contributed by atoms with Gasteiger partial charge in [-0.15, -0.1) is 11.8 Å². The molecule has 13 heavy (non-hydrogen) atoms. The molecule has 1 nitrogen and oxygen atoms in total. The fourth-order valence-electron chi connectivity index (χ4n) is 1.29. The third-order valence-corrected chi connectivity index (χ3v) is 3.03. The van der Waals surface area contributed by atoms with Crippen molar-refractivity contribution in [3.63, 3.8) is 0 Å². The van der Waals surface area contributed by atoms with Crippen LogP contribution < -0.4 is 5.73 Å². The first-order chi connectivity index (χ1) is 6.29. The van der Waals surface area contributed by atoms with Crippen LogP contribution in [0.2, 0.25) is 0 Å². The number of rotatable bonds is 4. The van der Waals surface area contributed by atoms with E-state index >= 15 is 0 Å². The highest BCUT2D eigenvalue weighted by molar-refractivity contribution is 7.99. The summed E-state index contributed by atoms with van der Waals surface area (Å²) < 4.78 is 0. The zero-order valence-corrected chi connectivity index (χ0v) is 9.10. The third kappa shape index (κ3) is 2.75. The predicted octanol–water partition coefficient (Wildman–Crippen LogP) is 3.21. The van der Waals surface area contributed by atoms with Crippen LogP contribution in [0.25, 0.3) is 0 Å². The molecule has 0 aliphatic rings. The normalized spacial score (nSPS) is 12.8. The molecule has 1 aromatic carbocycles. The van der Waals surface area contributed by atoms with Crippen molar-refractivity contribution in [3.05, 3.63) is 29.8 Å². The molecule has 0 saturated heterocycles. The highest BCUT2D eigenvalue weighted by Gasteiger charge is 2.07. The number of hydrogen-bond acceptors (Lipinski definition) is 2. The summed E-state index contributed by atoms with van der Waals surface area (Å²) in [7, 11) is 0. The lowest BCUT2D eigenvalue weighted by molar-refractivity contribution is 0.686. The van der Waals surface area contributed by atoms with E-state index in [2.05, 4.69) is 38.1 Å². The minimum atomic E-state index is 0.190. The van der Waals surface area contributed by atoms with Gasteiger partial charge in [-0.25, -0.2) is 0 Å². The highest BCUT2D eigenvalue weighted by Crippen LogP contribution is 2.27. The Bertz CT molecular complexity index is 260. The van der Waals surface area contributed by atoms with Crippen molar-refractivity contribution in [2.45, 2.75) is 31.2 Å². The lowest BCUT2D eigenvalue weighted by atomic mass is 10.1. The van der Waals surface area contributed by atoms with Crippen LogP contribution in [0.4, 0.5) is 0 Å². The number of hydrogen-bond donors (Lipinski definition) is 1. The van der Waals surface area contributed by atoms with E-state index in [1.807, 2.05) is 11.8 Å². The lowest BCUT2D eigenvalue weighted by Crippen LogP contribution is -2.09. The second kappa shape index (κ2) is 5.30. The molecule has 0 aromatic heterocycles. The Kier molecular flexibility index (Phi) is 4.33. The summed E-state index contributed by atoms with van der Waals surface area (Å²) >= 11 is 1.87. The molecular formula is C11H17NS. The summed E-state index contributed by atoms with van der Waals surface area (Å²) in [6.07, 6.45) is 1.00. The van der Waals surface area contributed by atoms with Gasteiger partial charge in [0, 0.05) is 10.9 Å². The monoisotopic (exact) mass is 195 g/mol. The van der Waals surface area contributed by atoms with Crippen LogP contribution in [0.3, 0.4) is 0 Å². The molecule has 0 saturated carbocycles. The molecule has 0 bridgehead atoms. The zero-order valence-electron chi connectivity index (χ0n) is 8.29. The first-order valence-electron chi connectivity index (χ1n) is 4.76. The molecule has 2 N–H and O–H groups in total. The fourth-order valence-corrected chi connectivity index (χ4v) is 2.17. The summed E-state index contributed by atoms with van der Waals surface area (Å²) in [6, 6.07) is 8.61. The molecule has 0 heterocycles. The quantitative estimate of drug-likeness (QED) is 0.747. The topological polar surface area (TPSA) is 26.0 Å². The summed E-state index contributed by atoms with van der Waals surface area (Å²) in [4.78, 5) is 1.33. The van der Waals surface area contributed by atoms with Crippen LogP contribution in [0.15, 0.2) is 29.2 Å². The molecule has 0 radical (unpaired) electrons. The van der Waals surface area contributed by atoms with Crippen LogP contribution >= 0.6 is 11.8 Å². The molecule has 1 aromatic rings. The average molecular weight is 195 g/mol. The maximum absolute atomic E-state index is 6.01. The van der Waals surface area contributed by atoms with Crippen LogP contribution in [-0.2, 0) is 0 Å². The van der Waals surface area contributed by atoms with Crippen molar-refractivity contribution >= 4 is 11.8 Å². The van der Waals surface area contributed by atoms with E-state index in [1.165, 1.54) is 10.5 Å². The maximum Gasteiger partial charge on any atom is 0.0303 e. The van der Waals surface area contributed by atoms with Gasteiger partial charge < -0.3 is 5.73 Å². The summed E-state index contributed by atoms with van der Waals surface area (Å²) in [6.45, 7) is 4.29. The van der Waals surface area contributed by atoms with E-state index in [-0.39, 0.29) is 6.04 Å². The molecular weight excluding hydrogens is 178 g/mol. The predicted molar refractivity (Wildman–Crippen MR) is 60.1 cm³/mol. The van der Waals surface area contributed by atoms with Crippen molar-refractivity contribution in [1.82, 2.24) is 0 Å². The van der Waals surface area contributed by atoms with Gasteiger partial charge in [-0.2, -0.15) is 0 Å². The largest absolute Gasteiger partial charge is 0.324 e. The smallest absolute Gasteiger partial charge is 0.0303 e. The number of nitrogens with two attached hydrogens (primary N) is 1. The summed E-state index contributed by atoms with van der Waals surface area (Å²) in [5.74, 6) is 1.10. The van der Waals surface area contributed by atoms with Crippen LogP contribution in [0, 0.1) is 0 Å². The minimum Gasteiger partial charge on any atom is -0.324 e. The third-order valence-electron chi connectivity index (χ3n) is 2.06. The second-order valence-electron chi connectivity index (χ2n) is 2.99. The van der Waals surface area contributed by atoms with E-state index in [0.717, 1.165) is 12.2 Å². The van der Waals surface area contributed by atoms with E-state index in [1.54, 1.807) is 0 Å². The van der Waals surface area contributed by atoms with E-state index < -0.39 is 0 Å². The van der Waals surface area contributed by atoms with Crippen molar-refractivity contribution < 1.29 is 0 Å². The maximum atomic E-state index is 6.01. The van der Waals surface area contributed by atoms with Crippen molar-refractivity contribution in [2.75, 3.05) is 5.75 Å². The molecule has 0 fully saturated rings. The van der Waals surface area contributed by atoms with Gasteiger partial charge in [0.1, 0.15) is 0 Å². The molecule has 0 amide bonds. The SMILES string of the molecule is CCSc1ccccc1[C@H](N)CC. The van der Waals surface area contributed by atoms with Crippen molar-refractivity contribution in [2.24, 2.45) is 5.73 Å². The molecule has 0 spiro atoms. The summed E-state index contributed by atoms with van der Waals surface area (Å²) in [5.41, 5.74) is 7.30. The Morgan fingerprint density at radius 3 is 2.62 bits per heavy atom. The van der Waals surface area contributed by atoms with Gasteiger partial charge in [0.15, 0.2) is 0 Å². The molecule has 2 heteroatoms. The summed E-state index contributed by atoms with van der Waals surface area (Å²) in [5, 5.41) is 0. The Balaban J connectivity index is 2.90.